The zero-order valence-electron chi connectivity index (χ0n) is 10.9. The molecule has 0 spiro atoms. The first kappa shape index (κ1) is 12.8. The van der Waals surface area contributed by atoms with Gasteiger partial charge in [-0.25, -0.2) is 4.79 Å². The summed E-state index contributed by atoms with van der Waals surface area (Å²) in [5, 5.41) is 12.8. The van der Waals surface area contributed by atoms with Crippen LogP contribution in [0.15, 0.2) is 28.8 Å². The molecule has 1 fully saturated rings. The van der Waals surface area contributed by atoms with E-state index < -0.39 is 18.2 Å². The fourth-order valence-electron chi connectivity index (χ4n) is 2.27. The van der Waals surface area contributed by atoms with Crippen molar-refractivity contribution >= 4 is 5.97 Å². The molecule has 1 saturated heterocycles. The lowest BCUT2D eigenvalue weighted by Crippen LogP contribution is -2.18. The number of ether oxygens (including phenoxy) is 1. The summed E-state index contributed by atoms with van der Waals surface area (Å²) in [7, 11) is 0. The van der Waals surface area contributed by atoms with Crippen molar-refractivity contribution in [3.05, 3.63) is 35.7 Å². The average molecular weight is 274 g/mol. The summed E-state index contributed by atoms with van der Waals surface area (Å²) in [4.78, 5) is 15.2. The van der Waals surface area contributed by atoms with Crippen LogP contribution in [0.3, 0.4) is 0 Å². The molecule has 2 unspecified atom stereocenters. The molecule has 6 nitrogen and oxygen atoms in total. The predicted molar refractivity (Wildman–Crippen MR) is 69.0 cm³/mol. The Morgan fingerprint density at radius 2 is 2.25 bits per heavy atom. The Balaban J connectivity index is 1.79. The molecule has 0 aliphatic carbocycles. The molecule has 1 aliphatic heterocycles. The average Bonchev–Trinajstić information content (AvgIpc) is 3.08. The van der Waals surface area contributed by atoms with E-state index in [1.165, 1.54) is 0 Å². The topological polar surface area (TPSA) is 85.5 Å². The molecule has 0 radical (unpaired) electrons. The standard InChI is InChI=1S/C14H14N2O4/c1-8-3-2-4-9(7-8)12-15-13(20-16-12)10-5-6-11(19-10)14(17)18/h2-4,7,10-11H,5-6H2,1H3,(H,17,18). The fourth-order valence-corrected chi connectivity index (χ4v) is 2.27. The quantitative estimate of drug-likeness (QED) is 0.924. The minimum Gasteiger partial charge on any atom is -0.479 e. The highest BCUT2D eigenvalue weighted by Crippen LogP contribution is 2.32. The van der Waals surface area contributed by atoms with Crippen molar-refractivity contribution < 1.29 is 19.2 Å². The molecule has 0 bridgehead atoms. The Hall–Kier alpha value is -2.21. The third-order valence-corrected chi connectivity index (χ3v) is 3.29. The van der Waals surface area contributed by atoms with Crippen LogP contribution in [0.1, 0.15) is 30.4 Å². The summed E-state index contributed by atoms with van der Waals surface area (Å²) in [6.07, 6.45) is -0.175. The van der Waals surface area contributed by atoms with Gasteiger partial charge in [-0.3, -0.25) is 0 Å². The lowest BCUT2D eigenvalue weighted by Gasteiger charge is -2.05. The van der Waals surface area contributed by atoms with E-state index in [1.807, 2.05) is 31.2 Å². The van der Waals surface area contributed by atoms with Crippen molar-refractivity contribution in [2.45, 2.75) is 32.0 Å². The Kier molecular flexibility index (Phi) is 3.23. The lowest BCUT2D eigenvalue weighted by atomic mass is 10.1. The molecule has 3 rings (SSSR count). The largest absolute Gasteiger partial charge is 0.479 e. The minimum absolute atomic E-state index is 0.338. The number of benzene rings is 1. The van der Waals surface area contributed by atoms with Gasteiger partial charge in [0.15, 0.2) is 6.10 Å². The van der Waals surface area contributed by atoms with Gasteiger partial charge in [0.1, 0.15) is 6.10 Å². The maximum atomic E-state index is 10.9. The molecule has 20 heavy (non-hydrogen) atoms. The van der Waals surface area contributed by atoms with Crippen LogP contribution in [0.25, 0.3) is 11.4 Å². The van der Waals surface area contributed by atoms with Crippen LogP contribution in [0.2, 0.25) is 0 Å². The number of hydrogen-bond donors (Lipinski definition) is 1. The second kappa shape index (κ2) is 5.05. The zero-order chi connectivity index (χ0) is 14.1. The van der Waals surface area contributed by atoms with E-state index in [0.29, 0.717) is 24.6 Å². The highest BCUT2D eigenvalue weighted by Gasteiger charge is 2.34. The van der Waals surface area contributed by atoms with E-state index >= 15 is 0 Å². The van der Waals surface area contributed by atoms with Crippen molar-refractivity contribution in [3.8, 4) is 11.4 Å². The molecule has 1 aliphatic rings. The first-order valence-corrected chi connectivity index (χ1v) is 6.42. The molecule has 2 heterocycles. The van der Waals surface area contributed by atoms with Crippen molar-refractivity contribution in [1.82, 2.24) is 10.1 Å². The van der Waals surface area contributed by atoms with Gasteiger partial charge in [-0.1, -0.05) is 28.9 Å². The van der Waals surface area contributed by atoms with Crippen molar-refractivity contribution in [3.63, 3.8) is 0 Å². The number of rotatable bonds is 3. The minimum atomic E-state index is -0.953. The maximum Gasteiger partial charge on any atom is 0.332 e. The normalized spacial score (nSPS) is 22.1. The molecule has 6 heteroatoms. The van der Waals surface area contributed by atoms with Gasteiger partial charge < -0.3 is 14.4 Å². The van der Waals surface area contributed by atoms with Gasteiger partial charge in [0.2, 0.25) is 5.82 Å². The molecule has 2 aromatic rings. The van der Waals surface area contributed by atoms with Gasteiger partial charge in [-0.2, -0.15) is 4.98 Å². The third-order valence-electron chi connectivity index (χ3n) is 3.29. The number of aromatic nitrogens is 2. The smallest absolute Gasteiger partial charge is 0.332 e. The zero-order valence-corrected chi connectivity index (χ0v) is 10.9. The van der Waals surface area contributed by atoms with Gasteiger partial charge in [-0.15, -0.1) is 0 Å². The number of carboxylic acids is 1. The highest BCUT2D eigenvalue weighted by molar-refractivity contribution is 5.72. The number of nitrogens with zero attached hydrogens (tertiary/aromatic N) is 2. The summed E-state index contributed by atoms with van der Waals surface area (Å²) in [6, 6.07) is 7.77. The number of carboxylic acid groups (broad SMARTS) is 1. The second-order valence-electron chi connectivity index (χ2n) is 4.85. The first-order chi connectivity index (χ1) is 9.63. The first-order valence-electron chi connectivity index (χ1n) is 6.42. The summed E-state index contributed by atoms with van der Waals surface area (Å²) < 4.78 is 10.6. The maximum absolute atomic E-state index is 10.9. The van der Waals surface area contributed by atoms with Crippen molar-refractivity contribution in [1.29, 1.82) is 0 Å². The van der Waals surface area contributed by atoms with Gasteiger partial charge in [0.05, 0.1) is 0 Å². The van der Waals surface area contributed by atoms with Gasteiger partial charge in [-0.05, 0) is 25.8 Å². The molecule has 1 aromatic carbocycles. The Morgan fingerprint density at radius 1 is 1.40 bits per heavy atom. The summed E-state index contributed by atoms with van der Waals surface area (Å²) >= 11 is 0. The van der Waals surface area contributed by atoms with E-state index in [9.17, 15) is 4.79 Å². The van der Waals surface area contributed by atoms with Gasteiger partial charge in [0, 0.05) is 5.56 Å². The molecule has 0 saturated carbocycles. The third kappa shape index (κ3) is 2.42. The van der Waals surface area contributed by atoms with Crippen LogP contribution < -0.4 is 0 Å². The fraction of sp³-hybridized carbons (Fsp3) is 0.357. The van der Waals surface area contributed by atoms with E-state index in [2.05, 4.69) is 10.1 Å². The summed E-state index contributed by atoms with van der Waals surface area (Å²) in [5.74, 6) is -0.123. The molecule has 2 atom stereocenters. The number of carbonyl (C=O) groups is 1. The van der Waals surface area contributed by atoms with Crippen LogP contribution in [-0.2, 0) is 9.53 Å². The SMILES string of the molecule is Cc1cccc(-c2noc(C3CCC(C(=O)O)O3)n2)c1. The van der Waals surface area contributed by atoms with Crippen molar-refractivity contribution in [2.75, 3.05) is 0 Å². The number of aryl methyl sites for hydroxylation is 1. The Bertz CT molecular complexity index is 638. The van der Waals surface area contributed by atoms with Crippen LogP contribution >= 0.6 is 0 Å². The van der Waals surface area contributed by atoms with E-state index in [4.69, 9.17) is 14.4 Å². The van der Waals surface area contributed by atoms with E-state index in [1.54, 1.807) is 0 Å². The van der Waals surface area contributed by atoms with Crippen LogP contribution in [0.4, 0.5) is 0 Å². The monoisotopic (exact) mass is 274 g/mol. The summed E-state index contributed by atoms with van der Waals surface area (Å²) in [6.45, 7) is 1.99. The summed E-state index contributed by atoms with van der Waals surface area (Å²) in [5.41, 5.74) is 1.98. The number of hydrogen-bond acceptors (Lipinski definition) is 5. The molecule has 0 amide bonds. The van der Waals surface area contributed by atoms with Crippen LogP contribution in [0.5, 0.6) is 0 Å². The lowest BCUT2D eigenvalue weighted by molar-refractivity contribution is -0.150. The highest BCUT2D eigenvalue weighted by atomic mass is 16.5. The molecule has 1 aromatic heterocycles. The van der Waals surface area contributed by atoms with Crippen LogP contribution in [-0.4, -0.2) is 27.3 Å². The molecule has 104 valence electrons. The second-order valence-corrected chi connectivity index (χ2v) is 4.85. The molecular formula is C14H14N2O4. The molecular weight excluding hydrogens is 260 g/mol. The van der Waals surface area contributed by atoms with Gasteiger partial charge >= 0.3 is 5.97 Å². The Labute approximate surface area is 115 Å². The number of aliphatic carboxylic acids is 1. The van der Waals surface area contributed by atoms with E-state index in [0.717, 1.165) is 11.1 Å². The van der Waals surface area contributed by atoms with Crippen LogP contribution in [0, 0.1) is 6.92 Å². The Morgan fingerprint density at radius 3 is 2.95 bits per heavy atom. The van der Waals surface area contributed by atoms with E-state index in [-0.39, 0.29) is 0 Å². The predicted octanol–water partition coefficient (Wildman–Crippen LogP) is 2.35. The molecule has 1 N–H and O–H groups in total. The van der Waals surface area contributed by atoms with Gasteiger partial charge in [0.25, 0.3) is 5.89 Å². The van der Waals surface area contributed by atoms with Crippen molar-refractivity contribution in [2.24, 2.45) is 0 Å².